The predicted molar refractivity (Wildman–Crippen MR) is 119 cm³/mol. The zero-order chi connectivity index (χ0) is 20.9. The molecule has 0 saturated carbocycles. The first-order valence-corrected chi connectivity index (χ1v) is 11.3. The average Bonchev–Trinajstić information content (AvgIpc) is 3.02. The van der Waals surface area contributed by atoms with Crippen LogP contribution >= 0.6 is 35.3 Å². The molecule has 1 aromatic heterocycles. The maximum atomic E-state index is 12.7. The van der Waals surface area contributed by atoms with Gasteiger partial charge < -0.3 is 10.2 Å². The standard InChI is InChI=1S/C16H26F3N5O2S2.HI/c1-4-20-15(23(3)10-14-11-27-12(2)22-14)21-9-13-5-7-24(8-6-13)28(25,26)16(17,18)19;/h11,13H,4-10H2,1-3H3,(H,20,21);1H. The van der Waals surface area contributed by atoms with Crippen LogP contribution in [0.25, 0.3) is 0 Å². The number of alkyl halides is 3. The Morgan fingerprint density at radius 2 is 2.03 bits per heavy atom. The molecule has 2 rings (SSSR count). The monoisotopic (exact) mass is 569 g/mol. The number of aromatic nitrogens is 1. The molecular formula is C16H27F3IN5O2S2. The minimum atomic E-state index is -5.24. The van der Waals surface area contributed by atoms with Gasteiger partial charge in [-0.1, -0.05) is 0 Å². The first kappa shape index (κ1) is 26.4. The maximum absolute atomic E-state index is 12.7. The van der Waals surface area contributed by atoms with E-state index in [4.69, 9.17) is 0 Å². The van der Waals surface area contributed by atoms with E-state index in [9.17, 15) is 21.6 Å². The number of nitrogens with one attached hydrogen (secondary N) is 1. The third kappa shape index (κ3) is 7.21. The lowest BCUT2D eigenvalue weighted by Crippen LogP contribution is -2.45. The highest BCUT2D eigenvalue weighted by atomic mass is 127. The Labute approximate surface area is 190 Å². The molecular weight excluding hydrogens is 542 g/mol. The molecule has 1 fully saturated rings. The number of piperidine rings is 1. The van der Waals surface area contributed by atoms with Crippen LogP contribution in [-0.4, -0.2) is 67.3 Å². The number of nitrogens with zero attached hydrogens (tertiary/aromatic N) is 4. The van der Waals surface area contributed by atoms with Crippen LogP contribution in [0.15, 0.2) is 10.4 Å². The van der Waals surface area contributed by atoms with Gasteiger partial charge in [-0.25, -0.2) is 13.4 Å². The Balaban J connectivity index is 0.00000420. The highest BCUT2D eigenvalue weighted by molar-refractivity contribution is 14.0. The molecule has 0 radical (unpaired) electrons. The molecule has 1 N–H and O–H groups in total. The lowest BCUT2D eigenvalue weighted by molar-refractivity contribution is -0.0496. The molecule has 2 heterocycles. The molecule has 1 aliphatic heterocycles. The van der Waals surface area contributed by atoms with Crippen LogP contribution in [0.3, 0.4) is 0 Å². The van der Waals surface area contributed by atoms with Crippen LogP contribution in [0.2, 0.25) is 0 Å². The van der Waals surface area contributed by atoms with Crippen LogP contribution in [0.5, 0.6) is 0 Å². The normalized spacial score (nSPS) is 17.1. The number of rotatable bonds is 6. The van der Waals surface area contributed by atoms with Crippen molar-refractivity contribution in [3.05, 3.63) is 16.1 Å². The Hall–Kier alpha value is -0.670. The van der Waals surface area contributed by atoms with Gasteiger partial charge >= 0.3 is 15.5 Å². The Morgan fingerprint density at radius 3 is 2.52 bits per heavy atom. The summed E-state index contributed by atoms with van der Waals surface area (Å²) >= 11 is 1.58. The molecule has 1 aromatic rings. The maximum Gasteiger partial charge on any atom is 0.511 e. The van der Waals surface area contributed by atoms with Gasteiger partial charge in [0.1, 0.15) is 0 Å². The molecule has 0 amide bonds. The first-order chi connectivity index (χ1) is 13.0. The average molecular weight is 569 g/mol. The second-order valence-electron chi connectivity index (χ2n) is 6.70. The topological polar surface area (TPSA) is 77.9 Å². The smallest absolute Gasteiger partial charge is 0.357 e. The van der Waals surface area contributed by atoms with Crippen molar-refractivity contribution in [2.75, 3.05) is 33.2 Å². The van der Waals surface area contributed by atoms with Crippen LogP contribution in [0.1, 0.15) is 30.5 Å². The number of hydrogen-bond acceptors (Lipinski definition) is 5. The molecule has 0 aliphatic carbocycles. The van der Waals surface area contributed by atoms with Gasteiger partial charge in [0.2, 0.25) is 0 Å². The molecule has 7 nitrogen and oxygen atoms in total. The lowest BCUT2D eigenvalue weighted by atomic mass is 9.98. The van der Waals surface area contributed by atoms with Crippen LogP contribution in [0.4, 0.5) is 13.2 Å². The third-order valence-corrected chi connectivity index (χ3v) is 6.92. The number of sulfonamides is 1. The molecule has 1 saturated heterocycles. The summed E-state index contributed by atoms with van der Waals surface area (Å²) in [5.74, 6) is 0.738. The molecule has 0 spiro atoms. The predicted octanol–water partition coefficient (Wildman–Crippen LogP) is 3.03. The van der Waals surface area contributed by atoms with Crippen molar-refractivity contribution in [2.45, 2.75) is 38.7 Å². The first-order valence-electron chi connectivity index (χ1n) is 9.01. The second kappa shape index (κ2) is 11.1. The Kier molecular flexibility index (Phi) is 10.1. The van der Waals surface area contributed by atoms with Crippen molar-refractivity contribution < 1.29 is 21.6 Å². The van der Waals surface area contributed by atoms with Crippen LogP contribution in [0, 0.1) is 12.8 Å². The van der Waals surface area contributed by atoms with Gasteiger partial charge in [0.25, 0.3) is 0 Å². The van der Waals surface area contributed by atoms with Crippen molar-refractivity contribution in [2.24, 2.45) is 10.9 Å². The number of thiazole rings is 1. The minimum Gasteiger partial charge on any atom is -0.357 e. The summed E-state index contributed by atoms with van der Waals surface area (Å²) in [6.45, 7) is 5.34. The van der Waals surface area contributed by atoms with E-state index in [0.717, 1.165) is 10.7 Å². The summed E-state index contributed by atoms with van der Waals surface area (Å²) in [5.41, 5.74) is -4.30. The largest absolute Gasteiger partial charge is 0.511 e. The fraction of sp³-hybridized carbons (Fsp3) is 0.750. The summed E-state index contributed by atoms with van der Waals surface area (Å²) in [4.78, 5) is 11.0. The highest BCUT2D eigenvalue weighted by Crippen LogP contribution is 2.30. The van der Waals surface area contributed by atoms with Gasteiger partial charge in [0.05, 0.1) is 17.2 Å². The number of hydrogen-bond donors (Lipinski definition) is 1. The fourth-order valence-corrected chi connectivity index (χ4v) is 4.55. The van der Waals surface area contributed by atoms with E-state index in [1.165, 1.54) is 0 Å². The Morgan fingerprint density at radius 1 is 1.41 bits per heavy atom. The van der Waals surface area contributed by atoms with Crippen LogP contribution < -0.4 is 5.32 Å². The van der Waals surface area contributed by atoms with Gasteiger partial charge in [-0.15, -0.1) is 35.3 Å². The SMILES string of the molecule is CCNC(=NCC1CCN(S(=O)(=O)C(F)(F)F)CC1)N(C)Cc1csc(C)n1.I. The lowest BCUT2D eigenvalue weighted by Gasteiger charge is -2.31. The molecule has 29 heavy (non-hydrogen) atoms. The van der Waals surface area contributed by atoms with E-state index < -0.39 is 15.5 Å². The molecule has 0 atom stereocenters. The van der Waals surface area contributed by atoms with E-state index in [0.29, 0.717) is 42.7 Å². The van der Waals surface area contributed by atoms with Gasteiger partial charge in [0.15, 0.2) is 5.96 Å². The number of guanidine groups is 1. The summed E-state index contributed by atoms with van der Waals surface area (Å²) in [5, 5.41) is 6.18. The second-order valence-corrected chi connectivity index (χ2v) is 9.69. The minimum absolute atomic E-state index is 0. The van der Waals surface area contributed by atoms with Gasteiger partial charge in [-0.2, -0.15) is 17.5 Å². The molecule has 13 heteroatoms. The van der Waals surface area contributed by atoms with Gasteiger partial charge in [-0.3, -0.25) is 4.99 Å². The van der Waals surface area contributed by atoms with Crippen molar-refractivity contribution in [1.29, 1.82) is 0 Å². The number of aliphatic imine (C=N–C) groups is 1. The van der Waals surface area contributed by atoms with E-state index in [-0.39, 0.29) is 43.0 Å². The summed E-state index contributed by atoms with van der Waals surface area (Å²) in [6.07, 6.45) is 0.709. The zero-order valence-electron chi connectivity index (χ0n) is 16.6. The van der Waals surface area contributed by atoms with E-state index in [1.807, 2.05) is 31.2 Å². The summed E-state index contributed by atoms with van der Waals surface area (Å²) in [6, 6.07) is 0. The third-order valence-electron chi connectivity index (χ3n) is 4.47. The zero-order valence-corrected chi connectivity index (χ0v) is 20.5. The number of halogens is 4. The van der Waals surface area contributed by atoms with E-state index in [1.54, 1.807) is 11.3 Å². The van der Waals surface area contributed by atoms with Gasteiger partial charge in [-0.05, 0) is 32.6 Å². The van der Waals surface area contributed by atoms with Crippen molar-refractivity contribution in [1.82, 2.24) is 19.5 Å². The fourth-order valence-electron chi connectivity index (χ4n) is 2.96. The van der Waals surface area contributed by atoms with E-state index in [2.05, 4.69) is 15.3 Å². The Bertz CT molecular complexity index is 778. The van der Waals surface area contributed by atoms with Crippen molar-refractivity contribution >= 4 is 51.3 Å². The quantitative estimate of drug-likeness (QED) is 0.324. The molecule has 0 bridgehead atoms. The van der Waals surface area contributed by atoms with E-state index >= 15 is 0 Å². The highest BCUT2D eigenvalue weighted by Gasteiger charge is 2.50. The molecule has 0 unspecified atom stereocenters. The molecule has 1 aliphatic rings. The molecule has 0 aromatic carbocycles. The van der Waals surface area contributed by atoms with Crippen molar-refractivity contribution in [3.63, 3.8) is 0 Å². The summed E-state index contributed by atoms with van der Waals surface area (Å²) < 4.78 is 61.4. The number of aryl methyl sites for hydroxylation is 1. The summed E-state index contributed by atoms with van der Waals surface area (Å²) in [7, 11) is -3.34. The van der Waals surface area contributed by atoms with Crippen LogP contribution in [-0.2, 0) is 16.6 Å². The van der Waals surface area contributed by atoms with Gasteiger partial charge in [0, 0.05) is 38.6 Å². The molecule has 168 valence electrons. The van der Waals surface area contributed by atoms with Crippen molar-refractivity contribution in [3.8, 4) is 0 Å².